The minimum atomic E-state index is 0.780. The van der Waals surface area contributed by atoms with Gasteiger partial charge in [0, 0.05) is 37.4 Å². The molecule has 0 saturated heterocycles. The van der Waals surface area contributed by atoms with Crippen molar-refractivity contribution >= 4 is 12.2 Å². The van der Waals surface area contributed by atoms with E-state index in [1.165, 1.54) is 0 Å². The van der Waals surface area contributed by atoms with Crippen LogP contribution in [0.2, 0.25) is 0 Å². The minimum absolute atomic E-state index is 0.780. The van der Waals surface area contributed by atoms with Gasteiger partial charge in [0.15, 0.2) is 4.77 Å². The van der Waals surface area contributed by atoms with Gasteiger partial charge < -0.3 is 14.1 Å². The summed E-state index contributed by atoms with van der Waals surface area (Å²) in [5.41, 5.74) is 1.10. The predicted molar refractivity (Wildman–Crippen MR) is 56.6 cm³/mol. The zero-order chi connectivity index (χ0) is 9.97. The third kappa shape index (κ3) is 1.93. The van der Waals surface area contributed by atoms with E-state index in [4.69, 9.17) is 12.2 Å². The van der Waals surface area contributed by atoms with E-state index in [1.807, 2.05) is 34.8 Å². The average molecular weight is 208 g/mol. The molecule has 5 heteroatoms. The average Bonchev–Trinajstić information content (AvgIpc) is 2.72. The maximum atomic E-state index is 5.15. The summed E-state index contributed by atoms with van der Waals surface area (Å²) in [6, 6.07) is 0. The van der Waals surface area contributed by atoms with Gasteiger partial charge in [0.1, 0.15) is 0 Å². The minimum Gasteiger partial charge on any atom is -0.336 e. The van der Waals surface area contributed by atoms with Crippen LogP contribution in [0.15, 0.2) is 24.9 Å². The van der Waals surface area contributed by atoms with Crippen molar-refractivity contribution < 1.29 is 0 Å². The van der Waals surface area contributed by atoms with Gasteiger partial charge >= 0.3 is 0 Å². The van der Waals surface area contributed by atoms with Gasteiger partial charge in [-0.2, -0.15) is 0 Å². The molecule has 1 N–H and O–H groups in total. The molecule has 0 atom stereocenters. The van der Waals surface area contributed by atoms with Crippen LogP contribution in [0.3, 0.4) is 0 Å². The number of aryl methyl sites for hydroxylation is 3. The van der Waals surface area contributed by atoms with Crippen LogP contribution >= 0.6 is 12.2 Å². The fourth-order valence-corrected chi connectivity index (χ4v) is 1.68. The topological polar surface area (TPSA) is 38.5 Å². The molecule has 0 radical (unpaired) electrons. The van der Waals surface area contributed by atoms with Crippen molar-refractivity contribution in [2.45, 2.75) is 20.0 Å². The molecule has 0 fully saturated rings. The van der Waals surface area contributed by atoms with Crippen LogP contribution in [0, 0.1) is 11.7 Å². The van der Waals surface area contributed by atoms with Crippen LogP contribution < -0.4 is 0 Å². The third-order valence-corrected chi connectivity index (χ3v) is 2.41. The van der Waals surface area contributed by atoms with E-state index in [2.05, 4.69) is 9.97 Å². The molecule has 74 valence electrons. The highest BCUT2D eigenvalue weighted by molar-refractivity contribution is 7.71. The van der Waals surface area contributed by atoms with E-state index in [0.29, 0.717) is 0 Å². The van der Waals surface area contributed by atoms with Crippen molar-refractivity contribution in [1.29, 1.82) is 0 Å². The van der Waals surface area contributed by atoms with Crippen molar-refractivity contribution in [3.8, 4) is 0 Å². The lowest BCUT2D eigenvalue weighted by molar-refractivity contribution is 0.573. The first-order chi connectivity index (χ1) is 6.75. The third-order valence-electron chi connectivity index (χ3n) is 2.07. The lowest BCUT2D eigenvalue weighted by Gasteiger charge is -2.02. The Hall–Kier alpha value is -1.36. The van der Waals surface area contributed by atoms with Crippen LogP contribution in [0.4, 0.5) is 0 Å². The molecule has 0 spiro atoms. The zero-order valence-electron chi connectivity index (χ0n) is 7.97. The van der Waals surface area contributed by atoms with Gasteiger partial charge in [0.25, 0.3) is 0 Å². The molecule has 0 aliphatic heterocycles. The second kappa shape index (κ2) is 3.79. The zero-order valence-corrected chi connectivity index (χ0v) is 8.79. The molecule has 0 unspecified atom stereocenters. The van der Waals surface area contributed by atoms with Crippen molar-refractivity contribution in [2.24, 2.45) is 0 Å². The summed E-state index contributed by atoms with van der Waals surface area (Å²) in [5.74, 6) is 0. The van der Waals surface area contributed by atoms with Gasteiger partial charge in [-0.25, -0.2) is 4.98 Å². The van der Waals surface area contributed by atoms with E-state index in [9.17, 15) is 0 Å². The molecule has 0 bridgehead atoms. The first-order valence-electron chi connectivity index (χ1n) is 4.47. The van der Waals surface area contributed by atoms with Crippen molar-refractivity contribution in [3.63, 3.8) is 0 Å². The maximum absolute atomic E-state index is 5.15. The number of rotatable bonds is 3. The van der Waals surface area contributed by atoms with Crippen molar-refractivity contribution in [2.75, 3.05) is 0 Å². The first kappa shape index (κ1) is 9.21. The van der Waals surface area contributed by atoms with E-state index in [1.54, 1.807) is 6.20 Å². The Labute approximate surface area is 87.2 Å². The molecule has 0 aliphatic carbocycles. The van der Waals surface area contributed by atoms with E-state index in [-0.39, 0.29) is 0 Å². The second-order valence-corrected chi connectivity index (χ2v) is 3.62. The smallest absolute Gasteiger partial charge is 0.177 e. The van der Waals surface area contributed by atoms with E-state index in [0.717, 1.165) is 23.6 Å². The normalized spacial score (nSPS) is 10.6. The number of nitrogens with zero attached hydrogens (tertiary/aromatic N) is 3. The van der Waals surface area contributed by atoms with E-state index < -0.39 is 0 Å². The summed E-state index contributed by atoms with van der Waals surface area (Å²) in [7, 11) is 0. The summed E-state index contributed by atoms with van der Waals surface area (Å²) in [6.45, 7) is 3.77. The Morgan fingerprint density at radius 1 is 1.50 bits per heavy atom. The lowest BCUT2D eigenvalue weighted by atomic mass is 10.5. The Kier molecular flexibility index (Phi) is 2.49. The van der Waals surface area contributed by atoms with Crippen LogP contribution in [-0.2, 0) is 13.1 Å². The standard InChI is InChI=1S/C9H12N4S/c1-8-6-13(9(14)11-8)5-4-12-3-2-10-7-12/h2-3,6-7H,4-5H2,1H3,(H,11,14). The molecule has 0 aliphatic rings. The molecule has 0 saturated carbocycles. The number of imidazole rings is 2. The summed E-state index contributed by atoms with van der Waals surface area (Å²) in [6.07, 6.45) is 7.56. The highest BCUT2D eigenvalue weighted by atomic mass is 32.1. The molecule has 2 aromatic heterocycles. The summed E-state index contributed by atoms with van der Waals surface area (Å²) >= 11 is 5.15. The number of aromatic amines is 1. The molecule has 2 aromatic rings. The van der Waals surface area contributed by atoms with Crippen molar-refractivity contribution in [3.05, 3.63) is 35.4 Å². The van der Waals surface area contributed by atoms with Gasteiger partial charge in [-0.3, -0.25) is 0 Å². The summed E-state index contributed by atoms with van der Waals surface area (Å²) < 4.78 is 4.84. The molecular weight excluding hydrogens is 196 g/mol. The summed E-state index contributed by atoms with van der Waals surface area (Å²) in [5, 5.41) is 0. The van der Waals surface area contributed by atoms with Crippen molar-refractivity contribution in [1.82, 2.24) is 19.1 Å². The molecule has 14 heavy (non-hydrogen) atoms. The van der Waals surface area contributed by atoms with Crippen LogP contribution in [0.25, 0.3) is 0 Å². The fourth-order valence-electron chi connectivity index (χ4n) is 1.37. The first-order valence-corrected chi connectivity index (χ1v) is 4.88. The number of nitrogens with one attached hydrogen (secondary N) is 1. The number of aromatic nitrogens is 4. The van der Waals surface area contributed by atoms with Gasteiger partial charge in [-0.05, 0) is 19.1 Å². The second-order valence-electron chi connectivity index (χ2n) is 3.24. The molecule has 0 amide bonds. The number of H-pyrrole nitrogens is 1. The molecule has 0 aromatic carbocycles. The molecular formula is C9H12N4S. The summed E-state index contributed by atoms with van der Waals surface area (Å²) in [4.78, 5) is 7.07. The fraction of sp³-hybridized carbons (Fsp3) is 0.333. The Bertz CT molecular complexity index is 451. The Balaban J connectivity index is 2.05. The molecule has 2 heterocycles. The van der Waals surface area contributed by atoms with Gasteiger partial charge in [-0.1, -0.05) is 0 Å². The molecule has 4 nitrogen and oxygen atoms in total. The van der Waals surface area contributed by atoms with Gasteiger partial charge in [0.2, 0.25) is 0 Å². The highest BCUT2D eigenvalue weighted by Gasteiger charge is 1.96. The maximum Gasteiger partial charge on any atom is 0.177 e. The Morgan fingerprint density at radius 3 is 2.93 bits per heavy atom. The monoisotopic (exact) mass is 208 g/mol. The quantitative estimate of drug-likeness (QED) is 0.780. The Morgan fingerprint density at radius 2 is 2.36 bits per heavy atom. The SMILES string of the molecule is Cc1cn(CCn2ccnc2)c(=S)[nH]1. The number of hydrogen-bond donors (Lipinski definition) is 1. The van der Waals surface area contributed by atoms with Gasteiger partial charge in [0.05, 0.1) is 6.33 Å². The lowest BCUT2D eigenvalue weighted by Crippen LogP contribution is -2.04. The highest BCUT2D eigenvalue weighted by Crippen LogP contribution is 1.98. The largest absolute Gasteiger partial charge is 0.336 e. The van der Waals surface area contributed by atoms with Gasteiger partial charge in [-0.15, -0.1) is 0 Å². The van der Waals surface area contributed by atoms with E-state index >= 15 is 0 Å². The van der Waals surface area contributed by atoms with Crippen LogP contribution in [-0.4, -0.2) is 19.1 Å². The number of hydrogen-bond acceptors (Lipinski definition) is 2. The molecule has 2 rings (SSSR count). The van der Waals surface area contributed by atoms with Crippen LogP contribution in [0.1, 0.15) is 5.69 Å². The predicted octanol–water partition coefficient (Wildman–Crippen LogP) is 1.75. The van der Waals surface area contributed by atoms with Crippen LogP contribution in [0.5, 0.6) is 0 Å².